The first kappa shape index (κ1) is 11.4. The summed E-state index contributed by atoms with van der Waals surface area (Å²) in [5.41, 5.74) is -0.643. The van der Waals surface area contributed by atoms with Gasteiger partial charge in [0, 0.05) is 7.05 Å². The molecule has 1 saturated carbocycles. The van der Waals surface area contributed by atoms with Crippen LogP contribution in [0.1, 0.15) is 39.5 Å². The minimum absolute atomic E-state index is 0.0124. The highest BCUT2D eigenvalue weighted by Gasteiger charge is 2.54. The van der Waals surface area contributed by atoms with Gasteiger partial charge in [0.15, 0.2) is 0 Å². The standard InChI is InChI=1S/C12H20N2O2/c1-4-5-9-10(15)13-12(2,8-6-7-8)11(16)14(9)3/h8-9H,4-7H2,1-3H3,(H,13,15). The summed E-state index contributed by atoms with van der Waals surface area (Å²) < 4.78 is 0. The van der Waals surface area contributed by atoms with Crippen LogP contribution in [0, 0.1) is 5.92 Å². The third-order valence-corrected chi connectivity index (χ3v) is 3.87. The van der Waals surface area contributed by atoms with E-state index in [0.29, 0.717) is 5.92 Å². The number of amides is 2. The summed E-state index contributed by atoms with van der Waals surface area (Å²) in [6.07, 6.45) is 3.76. The van der Waals surface area contributed by atoms with Crippen molar-refractivity contribution in [3.63, 3.8) is 0 Å². The molecule has 2 unspecified atom stereocenters. The zero-order chi connectivity index (χ0) is 11.9. The Bertz CT molecular complexity index is 325. The number of hydrogen-bond acceptors (Lipinski definition) is 2. The molecule has 90 valence electrons. The largest absolute Gasteiger partial charge is 0.340 e. The Morgan fingerprint density at radius 3 is 2.56 bits per heavy atom. The first-order valence-corrected chi connectivity index (χ1v) is 6.10. The maximum Gasteiger partial charge on any atom is 0.248 e. The molecule has 1 N–H and O–H groups in total. The SMILES string of the molecule is CCCC1C(=O)NC(C)(C2CC2)C(=O)N1C. The van der Waals surface area contributed by atoms with Crippen molar-refractivity contribution in [3.05, 3.63) is 0 Å². The van der Waals surface area contributed by atoms with E-state index in [1.54, 1.807) is 11.9 Å². The van der Waals surface area contributed by atoms with Crippen LogP contribution in [0.15, 0.2) is 0 Å². The molecule has 0 spiro atoms. The average Bonchev–Trinajstić information content (AvgIpc) is 3.05. The van der Waals surface area contributed by atoms with E-state index in [1.807, 2.05) is 13.8 Å². The molecule has 1 aliphatic carbocycles. The van der Waals surface area contributed by atoms with Gasteiger partial charge in [-0.15, -0.1) is 0 Å². The maximum atomic E-state index is 12.3. The average molecular weight is 224 g/mol. The monoisotopic (exact) mass is 224 g/mol. The number of nitrogens with one attached hydrogen (secondary N) is 1. The number of carbonyl (C=O) groups excluding carboxylic acids is 2. The number of carbonyl (C=O) groups is 2. The molecule has 2 amide bonds. The molecule has 2 fully saturated rings. The third-order valence-electron chi connectivity index (χ3n) is 3.87. The fourth-order valence-corrected chi connectivity index (χ4v) is 2.61. The van der Waals surface area contributed by atoms with Crippen LogP contribution >= 0.6 is 0 Å². The van der Waals surface area contributed by atoms with Gasteiger partial charge in [-0.3, -0.25) is 9.59 Å². The summed E-state index contributed by atoms with van der Waals surface area (Å²) >= 11 is 0. The predicted octanol–water partition coefficient (Wildman–Crippen LogP) is 0.912. The molecule has 2 rings (SSSR count). The van der Waals surface area contributed by atoms with E-state index < -0.39 is 5.54 Å². The Balaban J connectivity index is 2.19. The van der Waals surface area contributed by atoms with Crippen LogP contribution in [0.4, 0.5) is 0 Å². The van der Waals surface area contributed by atoms with Gasteiger partial charge >= 0.3 is 0 Å². The summed E-state index contributed by atoms with van der Waals surface area (Å²) in [4.78, 5) is 25.9. The smallest absolute Gasteiger partial charge is 0.248 e. The lowest BCUT2D eigenvalue weighted by atomic mass is 9.89. The molecule has 0 aromatic rings. The van der Waals surface area contributed by atoms with Gasteiger partial charge in [-0.05, 0) is 32.1 Å². The second-order valence-electron chi connectivity index (χ2n) is 5.19. The summed E-state index contributed by atoms with van der Waals surface area (Å²) in [5, 5.41) is 2.94. The second-order valence-corrected chi connectivity index (χ2v) is 5.19. The molecule has 0 bridgehead atoms. The molecule has 0 aromatic heterocycles. The second kappa shape index (κ2) is 3.75. The Hall–Kier alpha value is -1.06. The van der Waals surface area contributed by atoms with Crippen LogP contribution in [0.2, 0.25) is 0 Å². The lowest BCUT2D eigenvalue weighted by Gasteiger charge is -2.43. The van der Waals surface area contributed by atoms with Gasteiger partial charge in [-0.25, -0.2) is 0 Å². The molecule has 16 heavy (non-hydrogen) atoms. The van der Waals surface area contributed by atoms with Crippen molar-refractivity contribution < 1.29 is 9.59 Å². The van der Waals surface area contributed by atoms with Crippen molar-refractivity contribution in [1.29, 1.82) is 0 Å². The lowest BCUT2D eigenvalue weighted by Crippen LogP contribution is -2.69. The molecule has 1 aliphatic heterocycles. The fraction of sp³-hybridized carbons (Fsp3) is 0.833. The highest BCUT2D eigenvalue weighted by molar-refractivity contribution is 5.99. The number of rotatable bonds is 3. The molecule has 1 saturated heterocycles. The Morgan fingerprint density at radius 2 is 2.06 bits per heavy atom. The quantitative estimate of drug-likeness (QED) is 0.774. The van der Waals surface area contributed by atoms with E-state index in [0.717, 1.165) is 25.7 Å². The summed E-state index contributed by atoms with van der Waals surface area (Å²) in [5.74, 6) is 0.431. The van der Waals surface area contributed by atoms with Crippen LogP contribution in [-0.2, 0) is 9.59 Å². The van der Waals surface area contributed by atoms with E-state index in [-0.39, 0.29) is 17.9 Å². The van der Waals surface area contributed by atoms with Crippen LogP contribution in [0.5, 0.6) is 0 Å². The summed E-state index contributed by atoms with van der Waals surface area (Å²) in [7, 11) is 1.75. The molecular formula is C12H20N2O2. The van der Waals surface area contributed by atoms with Crippen molar-refractivity contribution in [1.82, 2.24) is 10.2 Å². The normalized spacial score (nSPS) is 35.2. The van der Waals surface area contributed by atoms with Gasteiger partial charge in [0.25, 0.3) is 0 Å². The van der Waals surface area contributed by atoms with Crippen molar-refractivity contribution in [3.8, 4) is 0 Å². The molecule has 1 heterocycles. The van der Waals surface area contributed by atoms with Crippen molar-refractivity contribution >= 4 is 11.8 Å². The number of likely N-dealkylation sites (N-methyl/N-ethyl adjacent to an activating group) is 1. The van der Waals surface area contributed by atoms with Gasteiger partial charge in [-0.1, -0.05) is 13.3 Å². The maximum absolute atomic E-state index is 12.3. The van der Waals surface area contributed by atoms with Gasteiger partial charge in [0.1, 0.15) is 11.6 Å². The Labute approximate surface area is 96.4 Å². The zero-order valence-electron chi connectivity index (χ0n) is 10.2. The highest BCUT2D eigenvalue weighted by Crippen LogP contribution is 2.42. The van der Waals surface area contributed by atoms with Crippen LogP contribution in [0.3, 0.4) is 0 Å². The molecule has 2 atom stereocenters. The Kier molecular flexibility index (Phi) is 2.68. The summed E-state index contributed by atoms with van der Waals surface area (Å²) in [6.45, 7) is 3.89. The first-order valence-electron chi connectivity index (χ1n) is 6.10. The highest BCUT2D eigenvalue weighted by atomic mass is 16.2. The minimum Gasteiger partial charge on any atom is -0.340 e. The van der Waals surface area contributed by atoms with Crippen molar-refractivity contribution in [2.45, 2.75) is 51.1 Å². The molecule has 0 radical (unpaired) electrons. The van der Waals surface area contributed by atoms with E-state index in [9.17, 15) is 9.59 Å². The third kappa shape index (κ3) is 1.60. The van der Waals surface area contributed by atoms with Gasteiger partial charge in [0.05, 0.1) is 0 Å². The summed E-state index contributed by atoms with van der Waals surface area (Å²) in [6, 6.07) is -0.274. The van der Waals surface area contributed by atoms with E-state index in [2.05, 4.69) is 5.32 Å². The minimum atomic E-state index is -0.643. The molecule has 4 nitrogen and oxygen atoms in total. The molecule has 0 aromatic carbocycles. The van der Waals surface area contributed by atoms with Crippen molar-refractivity contribution in [2.75, 3.05) is 7.05 Å². The van der Waals surface area contributed by atoms with Gasteiger partial charge in [-0.2, -0.15) is 0 Å². The number of piperazine rings is 1. The van der Waals surface area contributed by atoms with E-state index in [1.165, 1.54) is 0 Å². The molecule has 4 heteroatoms. The van der Waals surface area contributed by atoms with Gasteiger partial charge in [0.2, 0.25) is 11.8 Å². The van der Waals surface area contributed by atoms with E-state index >= 15 is 0 Å². The molecule has 2 aliphatic rings. The topological polar surface area (TPSA) is 49.4 Å². The van der Waals surface area contributed by atoms with E-state index in [4.69, 9.17) is 0 Å². The number of hydrogen-bond donors (Lipinski definition) is 1. The van der Waals surface area contributed by atoms with Gasteiger partial charge < -0.3 is 10.2 Å². The first-order chi connectivity index (χ1) is 7.50. The number of nitrogens with zero attached hydrogens (tertiary/aromatic N) is 1. The van der Waals surface area contributed by atoms with Crippen LogP contribution in [-0.4, -0.2) is 35.3 Å². The molecular weight excluding hydrogens is 204 g/mol. The van der Waals surface area contributed by atoms with Crippen LogP contribution in [0.25, 0.3) is 0 Å². The predicted molar refractivity (Wildman–Crippen MR) is 60.7 cm³/mol. The fourth-order valence-electron chi connectivity index (χ4n) is 2.61. The zero-order valence-corrected chi connectivity index (χ0v) is 10.2. The lowest BCUT2D eigenvalue weighted by molar-refractivity contribution is -0.153. The van der Waals surface area contributed by atoms with Crippen molar-refractivity contribution in [2.24, 2.45) is 5.92 Å². The van der Waals surface area contributed by atoms with Crippen LogP contribution < -0.4 is 5.32 Å². The Morgan fingerprint density at radius 1 is 1.44 bits per heavy atom.